The Morgan fingerprint density at radius 2 is 1.89 bits per heavy atom. The first kappa shape index (κ1) is 12.7. The van der Waals surface area contributed by atoms with Gasteiger partial charge in [-0.3, -0.25) is 0 Å². The molecule has 0 aliphatic rings. The summed E-state index contributed by atoms with van der Waals surface area (Å²) < 4.78 is 2.13. The van der Waals surface area contributed by atoms with E-state index in [1.54, 1.807) is 0 Å². The number of nitrogens with two attached hydrogens (primary N) is 1. The van der Waals surface area contributed by atoms with Crippen LogP contribution in [0.2, 0.25) is 0 Å². The lowest BCUT2D eigenvalue weighted by molar-refractivity contribution is 0.740. The number of hydrogen-bond acceptors (Lipinski definition) is 2. The Balaban J connectivity index is 2.38. The van der Waals surface area contributed by atoms with Gasteiger partial charge >= 0.3 is 0 Å². The van der Waals surface area contributed by atoms with Crippen molar-refractivity contribution in [2.75, 3.05) is 5.73 Å². The van der Waals surface area contributed by atoms with Gasteiger partial charge in [-0.25, -0.2) is 4.98 Å². The molecule has 0 amide bonds. The Morgan fingerprint density at radius 1 is 1.22 bits per heavy atom. The van der Waals surface area contributed by atoms with Gasteiger partial charge in [-0.05, 0) is 11.5 Å². The summed E-state index contributed by atoms with van der Waals surface area (Å²) in [7, 11) is 0. The lowest BCUT2D eigenvalue weighted by atomic mass is 10.1. The SMILES string of the molecule is CCc1nc(C(C)C)c(N)n1Cc1ccccc1. The van der Waals surface area contributed by atoms with Crippen LogP contribution in [0.15, 0.2) is 30.3 Å². The molecule has 0 fully saturated rings. The number of rotatable bonds is 4. The molecule has 3 nitrogen and oxygen atoms in total. The molecule has 18 heavy (non-hydrogen) atoms. The van der Waals surface area contributed by atoms with Gasteiger partial charge in [0.15, 0.2) is 0 Å². The molecule has 1 aromatic carbocycles. The maximum Gasteiger partial charge on any atom is 0.127 e. The molecular weight excluding hydrogens is 222 g/mol. The van der Waals surface area contributed by atoms with Crippen LogP contribution in [0.4, 0.5) is 5.82 Å². The summed E-state index contributed by atoms with van der Waals surface area (Å²) in [6.07, 6.45) is 0.907. The van der Waals surface area contributed by atoms with Crippen molar-refractivity contribution in [2.45, 2.75) is 39.7 Å². The Hall–Kier alpha value is -1.77. The van der Waals surface area contributed by atoms with E-state index in [0.717, 1.165) is 30.3 Å². The van der Waals surface area contributed by atoms with E-state index in [1.807, 2.05) is 6.07 Å². The molecule has 0 saturated carbocycles. The third-order valence-corrected chi connectivity index (χ3v) is 3.16. The van der Waals surface area contributed by atoms with Crippen LogP contribution in [-0.4, -0.2) is 9.55 Å². The number of nitrogen functional groups attached to an aromatic ring is 1. The molecule has 0 aliphatic carbocycles. The number of imidazole rings is 1. The molecule has 0 atom stereocenters. The molecule has 2 rings (SSSR count). The van der Waals surface area contributed by atoms with Gasteiger partial charge in [0.25, 0.3) is 0 Å². The lowest BCUT2D eigenvalue weighted by Gasteiger charge is -2.09. The number of benzene rings is 1. The van der Waals surface area contributed by atoms with Gasteiger partial charge in [-0.15, -0.1) is 0 Å². The number of hydrogen-bond donors (Lipinski definition) is 1. The average Bonchev–Trinajstić information content (AvgIpc) is 2.68. The summed E-state index contributed by atoms with van der Waals surface area (Å²) in [5.41, 5.74) is 8.50. The molecule has 96 valence electrons. The van der Waals surface area contributed by atoms with Crippen LogP contribution in [-0.2, 0) is 13.0 Å². The predicted octanol–water partition coefficient (Wildman–Crippen LogP) is 3.20. The largest absolute Gasteiger partial charge is 0.384 e. The van der Waals surface area contributed by atoms with Crippen LogP contribution in [0, 0.1) is 0 Å². The first-order chi connectivity index (χ1) is 8.63. The summed E-state index contributed by atoms with van der Waals surface area (Å²) in [4.78, 5) is 4.66. The molecule has 0 saturated heterocycles. The summed E-state index contributed by atoms with van der Waals surface area (Å²) in [5, 5.41) is 0. The summed E-state index contributed by atoms with van der Waals surface area (Å²) in [6, 6.07) is 10.4. The topological polar surface area (TPSA) is 43.8 Å². The van der Waals surface area contributed by atoms with Crippen LogP contribution in [0.5, 0.6) is 0 Å². The second kappa shape index (κ2) is 5.25. The van der Waals surface area contributed by atoms with Crippen molar-refractivity contribution >= 4 is 5.82 Å². The first-order valence-electron chi connectivity index (χ1n) is 6.52. The highest BCUT2D eigenvalue weighted by atomic mass is 15.1. The highest BCUT2D eigenvalue weighted by Crippen LogP contribution is 2.23. The van der Waals surface area contributed by atoms with Gasteiger partial charge in [0.1, 0.15) is 11.6 Å². The quantitative estimate of drug-likeness (QED) is 0.896. The van der Waals surface area contributed by atoms with Gasteiger partial charge in [-0.1, -0.05) is 51.1 Å². The highest BCUT2D eigenvalue weighted by molar-refractivity contribution is 5.41. The normalized spacial score (nSPS) is 11.1. The number of aryl methyl sites for hydroxylation is 1. The smallest absolute Gasteiger partial charge is 0.127 e. The van der Waals surface area contributed by atoms with E-state index in [1.165, 1.54) is 5.56 Å². The maximum atomic E-state index is 6.23. The number of nitrogens with zero attached hydrogens (tertiary/aromatic N) is 2. The van der Waals surface area contributed by atoms with Crippen molar-refractivity contribution in [1.82, 2.24) is 9.55 Å². The van der Waals surface area contributed by atoms with Gasteiger partial charge in [0.05, 0.1) is 12.2 Å². The maximum absolute atomic E-state index is 6.23. The fourth-order valence-electron chi connectivity index (χ4n) is 2.17. The van der Waals surface area contributed by atoms with E-state index in [2.05, 4.69) is 54.6 Å². The average molecular weight is 243 g/mol. The number of anilines is 1. The van der Waals surface area contributed by atoms with Gasteiger partial charge in [0, 0.05) is 6.42 Å². The van der Waals surface area contributed by atoms with Crippen LogP contribution < -0.4 is 5.73 Å². The van der Waals surface area contributed by atoms with Crippen molar-refractivity contribution in [2.24, 2.45) is 0 Å². The van der Waals surface area contributed by atoms with Crippen molar-refractivity contribution in [1.29, 1.82) is 0 Å². The summed E-state index contributed by atoms with van der Waals surface area (Å²) >= 11 is 0. The van der Waals surface area contributed by atoms with Gasteiger partial charge in [0.2, 0.25) is 0 Å². The van der Waals surface area contributed by atoms with E-state index in [9.17, 15) is 0 Å². The van der Waals surface area contributed by atoms with Crippen LogP contribution in [0.3, 0.4) is 0 Å². The minimum Gasteiger partial charge on any atom is -0.384 e. The zero-order chi connectivity index (χ0) is 13.1. The molecule has 1 aromatic heterocycles. The molecule has 3 heteroatoms. The van der Waals surface area contributed by atoms with Crippen LogP contribution >= 0.6 is 0 Å². The van der Waals surface area contributed by atoms with Crippen LogP contribution in [0.25, 0.3) is 0 Å². The fourth-order valence-corrected chi connectivity index (χ4v) is 2.17. The molecule has 0 radical (unpaired) electrons. The number of aromatic nitrogens is 2. The Morgan fingerprint density at radius 3 is 2.44 bits per heavy atom. The third kappa shape index (κ3) is 2.40. The molecule has 1 heterocycles. The lowest BCUT2D eigenvalue weighted by Crippen LogP contribution is -2.08. The van der Waals surface area contributed by atoms with Gasteiger partial charge in [-0.2, -0.15) is 0 Å². The summed E-state index contributed by atoms with van der Waals surface area (Å²) in [6.45, 7) is 7.18. The minimum absolute atomic E-state index is 0.368. The molecule has 2 N–H and O–H groups in total. The van der Waals surface area contributed by atoms with Crippen LogP contribution in [0.1, 0.15) is 43.8 Å². The Kier molecular flexibility index (Phi) is 3.70. The zero-order valence-electron chi connectivity index (χ0n) is 11.4. The second-order valence-corrected chi connectivity index (χ2v) is 4.88. The molecular formula is C15H21N3. The fraction of sp³-hybridized carbons (Fsp3) is 0.400. The monoisotopic (exact) mass is 243 g/mol. The van der Waals surface area contributed by atoms with Crippen molar-refractivity contribution in [3.05, 3.63) is 47.4 Å². The predicted molar refractivity (Wildman–Crippen MR) is 75.7 cm³/mol. The third-order valence-electron chi connectivity index (χ3n) is 3.16. The second-order valence-electron chi connectivity index (χ2n) is 4.88. The zero-order valence-corrected chi connectivity index (χ0v) is 11.4. The Labute approximate surface area is 109 Å². The Bertz CT molecular complexity index is 512. The molecule has 0 unspecified atom stereocenters. The van der Waals surface area contributed by atoms with Crippen molar-refractivity contribution in [3.8, 4) is 0 Å². The molecule has 0 aliphatic heterocycles. The van der Waals surface area contributed by atoms with E-state index < -0.39 is 0 Å². The molecule has 0 spiro atoms. The molecule has 0 bridgehead atoms. The highest BCUT2D eigenvalue weighted by Gasteiger charge is 2.15. The van der Waals surface area contributed by atoms with Gasteiger partial charge < -0.3 is 10.3 Å². The minimum atomic E-state index is 0.368. The molecule has 2 aromatic rings. The van der Waals surface area contributed by atoms with Crippen molar-refractivity contribution in [3.63, 3.8) is 0 Å². The van der Waals surface area contributed by atoms with E-state index in [4.69, 9.17) is 5.73 Å². The first-order valence-corrected chi connectivity index (χ1v) is 6.52. The van der Waals surface area contributed by atoms with E-state index in [-0.39, 0.29) is 0 Å². The standard InChI is InChI=1S/C15H21N3/c1-4-13-17-14(11(2)3)15(16)18(13)10-12-8-6-5-7-9-12/h5-9,11H,4,10,16H2,1-3H3. The van der Waals surface area contributed by atoms with E-state index in [0.29, 0.717) is 5.92 Å². The van der Waals surface area contributed by atoms with Crippen molar-refractivity contribution < 1.29 is 0 Å². The van der Waals surface area contributed by atoms with E-state index >= 15 is 0 Å². The summed E-state index contributed by atoms with van der Waals surface area (Å²) in [5.74, 6) is 2.25.